The molecule has 0 atom stereocenters. The highest BCUT2D eigenvalue weighted by atomic mass is 16.2. The Labute approximate surface area is 153 Å². The van der Waals surface area contributed by atoms with Crippen LogP contribution < -0.4 is 10.6 Å². The summed E-state index contributed by atoms with van der Waals surface area (Å²) in [4.78, 5) is 26.2. The zero-order valence-electron chi connectivity index (χ0n) is 15.0. The van der Waals surface area contributed by atoms with Crippen LogP contribution in [0.1, 0.15) is 29.8 Å². The summed E-state index contributed by atoms with van der Waals surface area (Å²) < 4.78 is 0. The van der Waals surface area contributed by atoms with Gasteiger partial charge in [-0.25, -0.2) is 0 Å². The van der Waals surface area contributed by atoms with Gasteiger partial charge < -0.3 is 15.5 Å². The molecule has 2 amide bonds. The van der Waals surface area contributed by atoms with Crippen molar-refractivity contribution in [3.63, 3.8) is 0 Å². The number of hydrogen-bond donors (Lipinski definition) is 2. The van der Waals surface area contributed by atoms with Gasteiger partial charge in [0, 0.05) is 30.0 Å². The lowest BCUT2D eigenvalue weighted by molar-refractivity contribution is -0.114. The fourth-order valence-electron chi connectivity index (χ4n) is 2.47. The summed E-state index contributed by atoms with van der Waals surface area (Å²) in [5, 5.41) is 14.6. The van der Waals surface area contributed by atoms with E-state index in [1.54, 1.807) is 53.4 Å². The molecule has 0 unspecified atom stereocenters. The molecular weight excluding hydrogens is 328 g/mol. The minimum Gasteiger partial charge on any atom is -0.376 e. The number of rotatable bonds is 7. The van der Waals surface area contributed by atoms with E-state index in [4.69, 9.17) is 5.26 Å². The van der Waals surface area contributed by atoms with E-state index in [1.807, 2.05) is 19.9 Å². The van der Waals surface area contributed by atoms with E-state index in [9.17, 15) is 9.59 Å². The molecule has 134 valence electrons. The number of benzene rings is 2. The van der Waals surface area contributed by atoms with Gasteiger partial charge in [0.1, 0.15) is 0 Å². The first-order valence-electron chi connectivity index (χ1n) is 8.50. The molecule has 0 fully saturated rings. The number of anilines is 2. The molecule has 0 saturated heterocycles. The van der Waals surface area contributed by atoms with E-state index < -0.39 is 0 Å². The summed E-state index contributed by atoms with van der Waals surface area (Å²) in [5.74, 6) is -0.274. The third-order valence-electron chi connectivity index (χ3n) is 3.91. The number of carbonyl (C=O) groups is 2. The maximum atomic E-state index is 12.4. The van der Waals surface area contributed by atoms with E-state index in [-0.39, 0.29) is 18.4 Å². The highest BCUT2D eigenvalue weighted by molar-refractivity contribution is 5.98. The Morgan fingerprint density at radius 3 is 2.35 bits per heavy atom. The summed E-state index contributed by atoms with van der Waals surface area (Å²) in [7, 11) is 0. The largest absolute Gasteiger partial charge is 0.376 e. The smallest absolute Gasteiger partial charge is 0.253 e. The molecule has 6 heteroatoms. The van der Waals surface area contributed by atoms with Gasteiger partial charge in [0.2, 0.25) is 5.91 Å². The van der Waals surface area contributed by atoms with Crippen LogP contribution >= 0.6 is 0 Å². The molecule has 2 N–H and O–H groups in total. The van der Waals surface area contributed by atoms with Gasteiger partial charge in [0.05, 0.1) is 18.2 Å². The van der Waals surface area contributed by atoms with E-state index in [2.05, 4.69) is 10.6 Å². The number of nitriles is 1. The molecule has 0 spiro atoms. The summed E-state index contributed by atoms with van der Waals surface area (Å²) >= 11 is 0. The summed E-state index contributed by atoms with van der Waals surface area (Å²) in [5.41, 5.74) is 2.44. The predicted octanol–water partition coefficient (Wildman–Crippen LogP) is 3.09. The monoisotopic (exact) mass is 350 g/mol. The zero-order valence-corrected chi connectivity index (χ0v) is 15.0. The van der Waals surface area contributed by atoms with E-state index in [0.29, 0.717) is 29.9 Å². The van der Waals surface area contributed by atoms with Crippen LogP contribution in [0, 0.1) is 11.3 Å². The van der Waals surface area contributed by atoms with Crippen molar-refractivity contribution in [1.29, 1.82) is 5.26 Å². The Morgan fingerprint density at radius 1 is 1.04 bits per heavy atom. The van der Waals surface area contributed by atoms with Crippen LogP contribution in [0.4, 0.5) is 11.4 Å². The lowest BCUT2D eigenvalue weighted by Crippen LogP contribution is -2.30. The molecule has 0 heterocycles. The molecule has 6 nitrogen and oxygen atoms in total. The van der Waals surface area contributed by atoms with Crippen molar-refractivity contribution in [1.82, 2.24) is 4.90 Å². The Morgan fingerprint density at radius 2 is 1.73 bits per heavy atom. The van der Waals surface area contributed by atoms with Gasteiger partial charge in [0.25, 0.3) is 5.91 Å². The van der Waals surface area contributed by atoms with Gasteiger partial charge in [-0.05, 0) is 56.3 Å². The highest BCUT2D eigenvalue weighted by Gasteiger charge is 2.13. The highest BCUT2D eigenvalue weighted by Crippen LogP contribution is 2.13. The number of amides is 2. The first-order valence-corrected chi connectivity index (χ1v) is 8.50. The van der Waals surface area contributed by atoms with Crippen molar-refractivity contribution in [2.75, 3.05) is 30.3 Å². The van der Waals surface area contributed by atoms with Crippen LogP contribution in [0.5, 0.6) is 0 Å². The van der Waals surface area contributed by atoms with Crippen LogP contribution in [0.15, 0.2) is 48.5 Å². The Hall–Kier alpha value is -3.33. The van der Waals surface area contributed by atoms with Crippen LogP contribution in [-0.2, 0) is 4.79 Å². The van der Waals surface area contributed by atoms with Gasteiger partial charge in [-0.1, -0.05) is 6.07 Å². The van der Waals surface area contributed by atoms with Crippen molar-refractivity contribution in [2.24, 2.45) is 0 Å². The number of nitrogens with one attached hydrogen (secondary N) is 2. The van der Waals surface area contributed by atoms with Gasteiger partial charge in [0.15, 0.2) is 0 Å². The van der Waals surface area contributed by atoms with Crippen LogP contribution in [-0.4, -0.2) is 36.3 Å². The molecule has 0 aliphatic heterocycles. The molecule has 0 aromatic heterocycles. The molecule has 2 aromatic rings. The molecule has 0 bridgehead atoms. The minimum atomic E-state index is -0.221. The fraction of sp³-hybridized carbons (Fsp3) is 0.250. The second-order valence-electron chi connectivity index (χ2n) is 5.65. The van der Waals surface area contributed by atoms with Crippen LogP contribution in [0.3, 0.4) is 0 Å². The Kier molecular flexibility index (Phi) is 6.75. The molecule has 2 rings (SSSR count). The topological polar surface area (TPSA) is 85.2 Å². The molecule has 2 aromatic carbocycles. The van der Waals surface area contributed by atoms with Gasteiger partial charge >= 0.3 is 0 Å². The van der Waals surface area contributed by atoms with Crippen molar-refractivity contribution in [3.05, 3.63) is 59.7 Å². The van der Waals surface area contributed by atoms with E-state index in [0.717, 1.165) is 5.69 Å². The van der Waals surface area contributed by atoms with Crippen LogP contribution in [0.25, 0.3) is 0 Å². The van der Waals surface area contributed by atoms with Gasteiger partial charge in [-0.3, -0.25) is 9.59 Å². The number of hydrogen-bond acceptors (Lipinski definition) is 4. The normalized spacial score (nSPS) is 9.88. The summed E-state index contributed by atoms with van der Waals surface area (Å²) in [6, 6.07) is 15.8. The molecular formula is C20H22N4O2. The molecule has 0 aliphatic rings. The molecule has 0 saturated carbocycles. The van der Waals surface area contributed by atoms with Crippen molar-refractivity contribution in [3.8, 4) is 6.07 Å². The van der Waals surface area contributed by atoms with Crippen molar-refractivity contribution < 1.29 is 9.59 Å². The second-order valence-corrected chi connectivity index (χ2v) is 5.65. The first kappa shape index (κ1) is 19.0. The number of carbonyl (C=O) groups excluding carboxylic acids is 2. The zero-order chi connectivity index (χ0) is 18.9. The standard InChI is InChI=1S/C20H22N4O2/c1-3-24(4-2)20(26)16-6-5-7-18(12-16)23-19(25)14-22-17-10-8-15(13-21)9-11-17/h5-12,22H,3-4,14H2,1-2H3,(H,23,25). The third kappa shape index (κ3) is 5.08. The molecule has 0 radical (unpaired) electrons. The van der Waals surface area contributed by atoms with Gasteiger partial charge in [-0.15, -0.1) is 0 Å². The van der Waals surface area contributed by atoms with Gasteiger partial charge in [-0.2, -0.15) is 5.26 Å². The summed E-state index contributed by atoms with van der Waals surface area (Å²) in [6.45, 7) is 5.23. The average molecular weight is 350 g/mol. The van der Waals surface area contributed by atoms with E-state index in [1.165, 1.54) is 0 Å². The third-order valence-corrected chi connectivity index (χ3v) is 3.91. The maximum absolute atomic E-state index is 12.4. The Bertz CT molecular complexity index is 805. The maximum Gasteiger partial charge on any atom is 0.253 e. The molecule has 0 aliphatic carbocycles. The summed E-state index contributed by atoms with van der Waals surface area (Å²) in [6.07, 6.45) is 0. The first-order chi connectivity index (χ1) is 12.6. The minimum absolute atomic E-state index is 0.0539. The van der Waals surface area contributed by atoms with Crippen LogP contribution in [0.2, 0.25) is 0 Å². The predicted molar refractivity (Wildman–Crippen MR) is 102 cm³/mol. The number of nitrogens with zero attached hydrogens (tertiary/aromatic N) is 2. The SMILES string of the molecule is CCN(CC)C(=O)c1cccc(NC(=O)CNc2ccc(C#N)cc2)c1. The quantitative estimate of drug-likeness (QED) is 0.803. The Balaban J connectivity index is 1.95. The lowest BCUT2D eigenvalue weighted by Gasteiger charge is -2.19. The van der Waals surface area contributed by atoms with E-state index >= 15 is 0 Å². The van der Waals surface area contributed by atoms with Crippen molar-refractivity contribution >= 4 is 23.2 Å². The lowest BCUT2D eigenvalue weighted by atomic mass is 10.1. The molecule has 26 heavy (non-hydrogen) atoms. The van der Waals surface area contributed by atoms with Crippen molar-refractivity contribution in [2.45, 2.75) is 13.8 Å². The fourth-order valence-corrected chi connectivity index (χ4v) is 2.47. The average Bonchev–Trinajstić information content (AvgIpc) is 2.68. The second kappa shape index (κ2) is 9.23.